The summed E-state index contributed by atoms with van der Waals surface area (Å²) in [5.41, 5.74) is 1.28. The van der Waals surface area contributed by atoms with E-state index in [1.54, 1.807) is 12.1 Å². The maximum atomic E-state index is 12.4. The molecule has 5 atom stereocenters. The summed E-state index contributed by atoms with van der Waals surface area (Å²) in [7, 11) is 0. The van der Waals surface area contributed by atoms with Gasteiger partial charge in [0.15, 0.2) is 0 Å². The van der Waals surface area contributed by atoms with Gasteiger partial charge in [0.05, 0.1) is 12.5 Å². The van der Waals surface area contributed by atoms with E-state index >= 15 is 0 Å². The van der Waals surface area contributed by atoms with E-state index in [2.05, 4.69) is 0 Å². The van der Waals surface area contributed by atoms with Gasteiger partial charge in [-0.25, -0.2) is 0 Å². The van der Waals surface area contributed by atoms with Crippen LogP contribution in [0.2, 0.25) is 0 Å². The molecule has 3 aliphatic carbocycles. The van der Waals surface area contributed by atoms with Crippen LogP contribution in [0, 0.1) is 17.3 Å². The van der Waals surface area contributed by atoms with E-state index in [0.29, 0.717) is 6.42 Å². The van der Waals surface area contributed by atoms with Crippen molar-refractivity contribution in [3.05, 3.63) is 29.3 Å². The Morgan fingerprint density at radius 2 is 2.00 bits per heavy atom. The van der Waals surface area contributed by atoms with E-state index in [4.69, 9.17) is 0 Å². The SMILES string of the molecule is C[C@]12CC[C@@H]3c4ccc(O)cc4C(O)C[C@H]3[C@@H]1C(=O)CC2=O. The number of aromatic hydroxyl groups is 1. The van der Waals surface area contributed by atoms with Crippen molar-refractivity contribution in [1.29, 1.82) is 0 Å². The predicted octanol–water partition coefficient (Wildman–Crippen LogP) is 2.49. The molecular formula is C18H20O4. The standard InChI is InChI=1S/C18H20O4/c1-18-5-4-11-10-3-2-9(19)6-12(10)14(20)7-13(11)17(18)15(21)8-16(18)22/h2-3,6,11,13-14,17,19-20H,4-5,7-8H2,1H3/t11-,13-,14?,17-,18-/m1/s1. The minimum absolute atomic E-state index is 0.0322. The zero-order valence-corrected chi connectivity index (χ0v) is 12.6. The van der Waals surface area contributed by atoms with Crippen LogP contribution in [0.4, 0.5) is 0 Å². The van der Waals surface area contributed by atoms with E-state index in [0.717, 1.165) is 24.0 Å². The molecule has 0 aromatic heterocycles. The van der Waals surface area contributed by atoms with Crippen LogP contribution in [0.1, 0.15) is 55.8 Å². The average Bonchev–Trinajstić information content (AvgIpc) is 2.69. The number of Topliss-reactive ketones (excluding diaryl/α,β-unsaturated/α-hetero) is 2. The topological polar surface area (TPSA) is 74.6 Å². The van der Waals surface area contributed by atoms with Crippen LogP contribution in [0.15, 0.2) is 18.2 Å². The molecule has 0 bridgehead atoms. The molecule has 1 aromatic rings. The molecule has 1 unspecified atom stereocenters. The fourth-order valence-corrected chi connectivity index (χ4v) is 5.17. The first-order valence-electron chi connectivity index (χ1n) is 7.98. The minimum atomic E-state index is -0.672. The molecule has 0 radical (unpaired) electrons. The number of ketones is 2. The van der Waals surface area contributed by atoms with Crippen LogP contribution in [0.25, 0.3) is 0 Å². The molecule has 3 aliphatic rings. The lowest BCUT2D eigenvalue weighted by Crippen LogP contribution is -2.45. The van der Waals surface area contributed by atoms with Gasteiger partial charge in [-0.05, 0) is 54.4 Å². The maximum Gasteiger partial charge on any atom is 0.146 e. The van der Waals surface area contributed by atoms with Gasteiger partial charge in [0.2, 0.25) is 0 Å². The fourth-order valence-electron chi connectivity index (χ4n) is 5.17. The van der Waals surface area contributed by atoms with Crippen LogP contribution < -0.4 is 0 Å². The number of hydrogen-bond acceptors (Lipinski definition) is 4. The van der Waals surface area contributed by atoms with E-state index < -0.39 is 11.5 Å². The Labute approximate surface area is 129 Å². The molecule has 116 valence electrons. The Bertz CT molecular complexity index is 680. The van der Waals surface area contributed by atoms with Gasteiger partial charge in [-0.2, -0.15) is 0 Å². The molecule has 4 nitrogen and oxygen atoms in total. The van der Waals surface area contributed by atoms with Gasteiger partial charge in [-0.1, -0.05) is 13.0 Å². The third-order valence-electron chi connectivity index (χ3n) is 6.25. The maximum absolute atomic E-state index is 12.4. The zero-order valence-electron chi connectivity index (χ0n) is 12.6. The number of aliphatic hydroxyl groups is 1. The van der Waals surface area contributed by atoms with Crippen molar-refractivity contribution in [1.82, 2.24) is 0 Å². The van der Waals surface area contributed by atoms with E-state index in [-0.39, 0.29) is 41.5 Å². The normalized spacial score (nSPS) is 40.1. The Balaban J connectivity index is 1.80. The number of phenolic OH excluding ortho intramolecular Hbond substituents is 1. The number of phenols is 1. The largest absolute Gasteiger partial charge is 0.508 e. The van der Waals surface area contributed by atoms with Crippen molar-refractivity contribution in [2.45, 2.75) is 44.6 Å². The van der Waals surface area contributed by atoms with Gasteiger partial charge < -0.3 is 10.2 Å². The smallest absolute Gasteiger partial charge is 0.146 e. The lowest BCUT2D eigenvalue weighted by atomic mass is 9.55. The second-order valence-corrected chi connectivity index (χ2v) is 7.34. The van der Waals surface area contributed by atoms with Gasteiger partial charge in [-0.3, -0.25) is 9.59 Å². The number of benzene rings is 1. The van der Waals surface area contributed by atoms with Crippen molar-refractivity contribution in [2.24, 2.45) is 17.3 Å². The number of carbonyl (C=O) groups excluding carboxylic acids is 2. The van der Waals surface area contributed by atoms with Crippen molar-refractivity contribution in [3.63, 3.8) is 0 Å². The van der Waals surface area contributed by atoms with Gasteiger partial charge in [-0.15, -0.1) is 0 Å². The highest BCUT2D eigenvalue weighted by Gasteiger charge is 2.59. The molecule has 0 heterocycles. The summed E-state index contributed by atoms with van der Waals surface area (Å²) in [5.74, 6) is 0.264. The second kappa shape index (κ2) is 4.42. The number of fused-ring (bicyclic) bond motifs is 5. The molecule has 2 fully saturated rings. The molecule has 4 rings (SSSR count). The summed E-state index contributed by atoms with van der Waals surface area (Å²) in [5, 5.41) is 20.1. The summed E-state index contributed by atoms with van der Waals surface area (Å²) in [6.07, 6.45) is 1.49. The number of carbonyl (C=O) groups is 2. The first-order chi connectivity index (χ1) is 10.4. The highest BCUT2D eigenvalue weighted by atomic mass is 16.3. The Morgan fingerprint density at radius 3 is 2.77 bits per heavy atom. The summed E-state index contributed by atoms with van der Waals surface area (Å²) in [6.45, 7) is 1.93. The minimum Gasteiger partial charge on any atom is -0.508 e. The van der Waals surface area contributed by atoms with E-state index in [1.165, 1.54) is 0 Å². The molecule has 2 N–H and O–H groups in total. The van der Waals surface area contributed by atoms with E-state index in [1.807, 2.05) is 13.0 Å². The number of hydrogen-bond donors (Lipinski definition) is 2. The molecule has 22 heavy (non-hydrogen) atoms. The first-order valence-corrected chi connectivity index (χ1v) is 7.98. The fraction of sp³-hybridized carbons (Fsp3) is 0.556. The Morgan fingerprint density at radius 1 is 1.23 bits per heavy atom. The molecule has 0 amide bonds. The van der Waals surface area contributed by atoms with Crippen molar-refractivity contribution >= 4 is 11.6 Å². The van der Waals surface area contributed by atoms with Gasteiger partial charge >= 0.3 is 0 Å². The van der Waals surface area contributed by atoms with Crippen LogP contribution in [-0.4, -0.2) is 21.8 Å². The van der Waals surface area contributed by atoms with Crippen molar-refractivity contribution < 1.29 is 19.8 Å². The van der Waals surface area contributed by atoms with Gasteiger partial charge in [0.25, 0.3) is 0 Å². The molecule has 1 aromatic carbocycles. The van der Waals surface area contributed by atoms with Crippen molar-refractivity contribution in [3.8, 4) is 5.75 Å². The molecule has 2 saturated carbocycles. The summed E-state index contributed by atoms with van der Waals surface area (Å²) in [4.78, 5) is 24.7. The molecule has 4 heteroatoms. The number of aliphatic hydroxyl groups excluding tert-OH is 1. The predicted molar refractivity (Wildman–Crippen MR) is 79.4 cm³/mol. The molecule has 0 saturated heterocycles. The number of rotatable bonds is 0. The van der Waals surface area contributed by atoms with Crippen LogP contribution in [0.5, 0.6) is 5.75 Å². The van der Waals surface area contributed by atoms with Gasteiger partial charge in [0.1, 0.15) is 17.3 Å². The van der Waals surface area contributed by atoms with E-state index in [9.17, 15) is 19.8 Å². The van der Waals surface area contributed by atoms with Crippen LogP contribution >= 0.6 is 0 Å². The molecular weight excluding hydrogens is 280 g/mol. The quantitative estimate of drug-likeness (QED) is 0.722. The van der Waals surface area contributed by atoms with Crippen molar-refractivity contribution in [2.75, 3.05) is 0 Å². The summed E-state index contributed by atoms with van der Waals surface area (Å²) in [6, 6.07) is 5.14. The average molecular weight is 300 g/mol. The lowest BCUT2D eigenvalue weighted by molar-refractivity contribution is -0.132. The molecule has 0 aliphatic heterocycles. The highest BCUT2D eigenvalue weighted by Crippen LogP contribution is 2.59. The van der Waals surface area contributed by atoms with Crippen LogP contribution in [-0.2, 0) is 9.59 Å². The second-order valence-electron chi connectivity index (χ2n) is 7.34. The molecule has 0 spiro atoms. The monoisotopic (exact) mass is 300 g/mol. The zero-order chi connectivity index (χ0) is 15.6. The summed E-state index contributed by atoms with van der Waals surface area (Å²) < 4.78 is 0. The third-order valence-corrected chi connectivity index (χ3v) is 6.25. The Kier molecular flexibility index (Phi) is 2.80. The highest BCUT2D eigenvalue weighted by molar-refractivity contribution is 6.10. The van der Waals surface area contributed by atoms with Crippen LogP contribution in [0.3, 0.4) is 0 Å². The Hall–Kier alpha value is -1.68. The lowest BCUT2D eigenvalue weighted by Gasteiger charge is -2.48. The van der Waals surface area contributed by atoms with Gasteiger partial charge in [0, 0.05) is 11.3 Å². The first kappa shape index (κ1) is 13.9. The third kappa shape index (κ3) is 1.67. The summed E-state index contributed by atoms with van der Waals surface area (Å²) >= 11 is 0.